The number of aromatic nitrogens is 2. The van der Waals surface area contributed by atoms with Crippen molar-refractivity contribution in [2.75, 3.05) is 31.1 Å². The number of carbonyl (C=O) groups is 2. The van der Waals surface area contributed by atoms with Gasteiger partial charge < -0.3 is 25.4 Å². The number of nitrogens with one attached hydrogen (secondary N) is 1. The minimum absolute atomic E-state index is 0.00192. The Morgan fingerprint density at radius 3 is 2.77 bits per heavy atom. The molecule has 1 spiro atoms. The fourth-order valence-corrected chi connectivity index (χ4v) is 5.31. The standard InChI is InChI=1S/C29H29FN6O4/c1-2-39-28-21(4-3-10-34-28)22-6-8-24(26(35-22)27(38)33-11-9-25(32)37)40-20-13-29(14-20)16-36(17-29)23-7-5-19(30)12-18(23)15-31/h3-8,10,12,20H,2,9,11,13-14,16-17H2,1H3,(H2,32,37)(H,33,38). The Hall–Kier alpha value is -4.72. The lowest BCUT2D eigenvalue weighted by molar-refractivity contribution is -0.117. The summed E-state index contributed by atoms with van der Waals surface area (Å²) in [4.78, 5) is 35.2. The van der Waals surface area contributed by atoms with Crippen LogP contribution < -0.4 is 25.4 Å². The number of halogens is 1. The van der Waals surface area contributed by atoms with Crippen LogP contribution >= 0.6 is 0 Å². The summed E-state index contributed by atoms with van der Waals surface area (Å²) >= 11 is 0. The summed E-state index contributed by atoms with van der Waals surface area (Å²) in [5.74, 6) is -0.693. The van der Waals surface area contributed by atoms with Crippen LogP contribution in [0.4, 0.5) is 10.1 Å². The van der Waals surface area contributed by atoms with Crippen LogP contribution in [0.15, 0.2) is 48.7 Å². The van der Waals surface area contributed by atoms with Crippen LogP contribution in [-0.4, -0.2) is 54.1 Å². The van der Waals surface area contributed by atoms with E-state index in [-0.39, 0.29) is 30.2 Å². The first-order chi connectivity index (χ1) is 19.3. The van der Waals surface area contributed by atoms with E-state index >= 15 is 0 Å². The maximum absolute atomic E-state index is 13.5. The van der Waals surface area contributed by atoms with Crippen LogP contribution in [0.25, 0.3) is 11.3 Å². The van der Waals surface area contributed by atoms with E-state index in [9.17, 15) is 19.2 Å². The number of benzene rings is 1. The van der Waals surface area contributed by atoms with E-state index < -0.39 is 17.6 Å². The minimum Gasteiger partial charge on any atom is -0.488 e. The predicted octanol–water partition coefficient (Wildman–Crippen LogP) is 3.21. The molecule has 10 nitrogen and oxygen atoms in total. The van der Waals surface area contributed by atoms with E-state index in [4.69, 9.17) is 15.2 Å². The van der Waals surface area contributed by atoms with E-state index in [2.05, 4.69) is 26.3 Å². The number of primary amides is 1. The van der Waals surface area contributed by atoms with Gasteiger partial charge in [0.2, 0.25) is 11.8 Å². The first-order valence-corrected chi connectivity index (χ1v) is 13.1. The van der Waals surface area contributed by atoms with Gasteiger partial charge in [0, 0.05) is 37.7 Å². The third kappa shape index (κ3) is 5.52. The quantitative estimate of drug-likeness (QED) is 0.396. The Bertz CT molecular complexity index is 1480. The summed E-state index contributed by atoms with van der Waals surface area (Å²) in [6, 6.07) is 13.4. The topological polar surface area (TPSA) is 143 Å². The second-order valence-corrected chi connectivity index (χ2v) is 10.1. The minimum atomic E-state index is -0.521. The summed E-state index contributed by atoms with van der Waals surface area (Å²) in [6.45, 7) is 3.84. The summed E-state index contributed by atoms with van der Waals surface area (Å²) in [5, 5.41) is 12.1. The molecule has 2 fully saturated rings. The Kier molecular flexibility index (Phi) is 7.51. The molecule has 0 radical (unpaired) electrons. The molecule has 206 valence electrons. The Balaban J connectivity index is 1.30. The van der Waals surface area contributed by atoms with Crippen molar-refractivity contribution < 1.29 is 23.5 Å². The van der Waals surface area contributed by atoms with Gasteiger partial charge in [0.05, 0.1) is 29.1 Å². The molecule has 3 heterocycles. The first-order valence-electron chi connectivity index (χ1n) is 13.1. The molecule has 0 unspecified atom stereocenters. The van der Waals surface area contributed by atoms with E-state index in [1.165, 1.54) is 12.1 Å². The highest BCUT2D eigenvalue weighted by Crippen LogP contribution is 2.51. The number of hydrogen-bond donors (Lipinski definition) is 2. The molecular weight excluding hydrogens is 515 g/mol. The van der Waals surface area contributed by atoms with E-state index in [1.54, 1.807) is 30.5 Å². The molecule has 3 N–H and O–H groups in total. The van der Waals surface area contributed by atoms with Gasteiger partial charge in [-0.05, 0) is 62.2 Å². The number of ether oxygens (including phenoxy) is 2. The highest BCUT2D eigenvalue weighted by molar-refractivity contribution is 5.96. The van der Waals surface area contributed by atoms with Crippen molar-refractivity contribution in [2.24, 2.45) is 11.1 Å². The molecular formula is C29H29FN6O4. The van der Waals surface area contributed by atoms with Crippen molar-refractivity contribution in [1.29, 1.82) is 5.26 Å². The molecule has 0 atom stereocenters. The average molecular weight is 545 g/mol. The number of nitriles is 1. The van der Waals surface area contributed by atoms with Gasteiger partial charge in [-0.1, -0.05) is 0 Å². The Morgan fingerprint density at radius 2 is 2.05 bits per heavy atom. The molecule has 1 saturated heterocycles. The van der Waals surface area contributed by atoms with Gasteiger partial charge in [-0.15, -0.1) is 0 Å². The largest absolute Gasteiger partial charge is 0.488 e. The number of amides is 2. The monoisotopic (exact) mass is 544 g/mol. The zero-order valence-electron chi connectivity index (χ0n) is 22.0. The van der Waals surface area contributed by atoms with Crippen LogP contribution in [0.1, 0.15) is 42.2 Å². The van der Waals surface area contributed by atoms with E-state index in [1.807, 2.05) is 13.0 Å². The van der Waals surface area contributed by atoms with Gasteiger partial charge in [-0.3, -0.25) is 9.59 Å². The molecule has 2 amide bonds. The molecule has 0 bridgehead atoms. The van der Waals surface area contributed by atoms with Crippen molar-refractivity contribution in [1.82, 2.24) is 15.3 Å². The molecule has 1 aliphatic carbocycles. The van der Waals surface area contributed by atoms with Gasteiger partial charge in [0.1, 0.15) is 18.0 Å². The zero-order valence-corrected chi connectivity index (χ0v) is 22.0. The molecule has 5 rings (SSSR count). The summed E-state index contributed by atoms with van der Waals surface area (Å²) < 4.78 is 25.4. The van der Waals surface area contributed by atoms with Crippen LogP contribution in [0.2, 0.25) is 0 Å². The van der Waals surface area contributed by atoms with Gasteiger partial charge in [-0.25, -0.2) is 14.4 Å². The van der Waals surface area contributed by atoms with Gasteiger partial charge >= 0.3 is 0 Å². The number of nitrogens with two attached hydrogens (primary N) is 1. The number of anilines is 1. The molecule has 3 aromatic rings. The molecule has 1 saturated carbocycles. The van der Waals surface area contributed by atoms with Crippen molar-refractivity contribution in [2.45, 2.75) is 32.3 Å². The van der Waals surface area contributed by atoms with Gasteiger partial charge in [0.15, 0.2) is 11.4 Å². The summed E-state index contributed by atoms with van der Waals surface area (Å²) in [6.07, 6.45) is 3.05. The number of carbonyl (C=O) groups excluding carboxylic acids is 2. The maximum Gasteiger partial charge on any atom is 0.273 e. The first kappa shape index (κ1) is 26.9. The third-order valence-corrected chi connectivity index (χ3v) is 7.15. The fourth-order valence-electron chi connectivity index (χ4n) is 5.31. The number of rotatable bonds is 10. The van der Waals surface area contributed by atoms with Crippen LogP contribution in [0.3, 0.4) is 0 Å². The van der Waals surface area contributed by atoms with Crippen molar-refractivity contribution in [3.63, 3.8) is 0 Å². The third-order valence-electron chi connectivity index (χ3n) is 7.15. The predicted molar refractivity (Wildman–Crippen MR) is 144 cm³/mol. The molecule has 1 aromatic carbocycles. The lowest BCUT2D eigenvalue weighted by Crippen LogP contribution is -2.65. The summed E-state index contributed by atoms with van der Waals surface area (Å²) in [5.41, 5.74) is 7.53. The van der Waals surface area contributed by atoms with Gasteiger partial charge in [-0.2, -0.15) is 5.26 Å². The number of pyridine rings is 2. The molecule has 2 aliphatic rings. The normalized spacial score (nSPS) is 15.5. The SMILES string of the molecule is CCOc1ncccc1-c1ccc(OC2CC3(C2)CN(c2ccc(F)cc2C#N)C3)c(C(=O)NCCC(N)=O)n1. The maximum atomic E-state index is 13.5. The highest BCUT2D eigenvalue weighted by Gasteiger charge is 2.54. The lowest BCUT2D eigenvalue weighted by Gasteiger charge is -2.59. The van der Waals surface area contributed by atoms with Crippen molar-refractivity contribution in [3.8, 4) is 29.0 Å². The average Bonchev–Trinajstić information content (AvgIpc) is 2.90. The van der Waals surface area contributed by atoms with Crippen LogP contribution in [-0.2, 0) is 4.79 Å². The molecule has 40 heavy (non-hydrogen) atoms. The fraction of sp³-hybridized carbons (Fsp3) is 0.345. The number of nitrogens with zero attached hydrogens (tertiary/aromatic N) is 4. The molecule has 1 aliphatic heterocycles. The van der Waals surface area contributed by atoms with Crippen LogP contribution in [0.5, 0.6) is 11.6 Å². The Morgan fingerprint density at radius 1 is 1.25 bits per heavy atom. The highest BCUT2D eigenvalue weighted by atomic mass is 19.1. The van der Waals surface area contributed by atoms with Gasteiger partial charge in [0.25, 0.3) is 5.91 Å². The smallest absolute Gasteiger partial charge is 0.273 e. The van der Waals surface area contributed by atoms with E-state index in [0.29, 0.717) is 35.1 Å². The second kappa shape index (κ2) is 11.2. The Labute approximate surface area is 230 Å². The zero-order chi connectivity index (χ0) is 28.3. The molecule has 11 heteroatoms. The van der Waals surface area contributed by atoms with Crippen molar-refractivity contribution >= 4 is 17.5 Å². The number of hydrogen-bond acceptors (Lipinski definition) is 8. The second-order valence-electron chi connectivity index (χ2n) is 10.1. The summed E-state index contributed by atoms with van der Waals surface area (Å²) in [7, 11) is 0. The van der Waals surface area contributed by atoms with E-state index in [0.717, 1.165) is 31.6 Å². The van der Waals surface area contributed by atoms with Crippen LogP contribution in [0, 0.1) is 22.6 Å². The lowest BCUT2D eigenvalue weighted by atomic mass is 9.61. The molecule has 2 aromatic heterocycles. The van der Waals surface area contributed by atoms with Crippen molar-refractivity contribution in [3.05, 3.63) is 65.7 Å².